The summed E-state index contributed by atoms with van der Waals surface area (Å²) in [7, 11) is -3.57. The quantitative estimate of drug-likeness (QED) is 0.167. The molecule has 0 saturated heterocycles. The van der Waals surface area contributed by atoms with E-state index >= 15 is 0 Å². The van der Waals surface area contributed by atoms with Crippen LogP contribution in [-0.4, -0.2) is 53.8 Å². The third-order valence-electron chi connectivity index (χ3n) is 3.33. The highest BCUT2D eigenvalue weighted by atomic mass is 127. The molecule has 0 atom stereocenters. The molecule has 0 aliphatic heterocycles. The van der Waals surface area contributed by atoms with Crippen LogP contribution in [-0.2, 0) is 14.8 Å². The molecule has 1 aromatic carbocycles. The van der Waals surface area contributed by atoms with Crippen molar-refractivity contribution in [3.8, 4) is 0 Å². The summed E-state index contributed by atoms with van der Waals surface area (Å²) in [6.07, 6.45) is 1.91. The molecule has 0 aliphatic rings. The first-order valence-electron chi connectivity index (χ1n) is 8.84. The number of nitrogens with zero attached hydrogens (tertiary/aromatic N) is 1. The van der Waals surface area contributed by atoms with Crippen LogP contribution in [0.2, 0.25) is 5.02 Å². The van der Waals surface area contributed by atoms with Crippen molar-refractivity contribution in [3.05, 3.63) is 29.3 Å². The number of guanidine groups is 1. The van der Waals surface area contributed by atoms with Crippen molar-refractivity contribution in [2.45, 2.75) is 31.6 Å². The molecule has 0 amide bonds. The van der Waals surface area contributed by atoms with E-state index in [1.165, 1.54) is 12.1 Å². The summed E-state index contributed by atoms with van der Waals surface area (Å²) < 4.78 is 32.2. The molecular weight excluding hydrogens is 503 g/mol. The average molecular weight is 533 g/mol. The molecule has 0 fully saturated rings. The van der Waals surface area contributed by atoms with Gasteiger partial charge in [-0.25, -0.2) is 13.1 Å². The highest BCUT2D eigenvalue weighted by Gasteiger charge is 2.13. The fourth-order valence-electron chi connectivity index (χ4n) is 2.08. The molecule has 0 aromatic heterocycles. The maximum atomic E-state index is 12.2. The van der Waals surface area contributed by atoms with Gasteiger partial charge >= 0.3 is 0 Å². The predicted octanol–water partition coefficient (Wildman–Crippen LogP) is 2.61. The summed E-state index contributed by atoms with van der Waals surface area (Å²) in [5, 5.41) is 6.63. The van der Waals surface area contributed by atoms with Crippen molar-refractivity contribution in [2.75, 3.05) is 39.4 Å². The van der Waals surface area contributed by atoms with Crippen LogP contribution in [0.3, 0.4) is 0 Å². The minimum absolute atomic E-state index is 0. The number of hydrogen-bond acceptors (Lipinski definition) is 4. The fraction of sp³-hybridized carbons (Fsp3) is 0.588. The Labute approximate surface area is 184 Å². The second-order valence-corrected chi connectivity index (χ2v) is 7.65. The number of hydrogen-bond donors (Lipinski definition) is 3. The predicted molar refractivity (Wildman–Crippen MR) is 122 cm³/mol. The lowest BCUT2D eigenvalue weighted by Crippen LogP contribution is -2.41. The highest BCUT2D eigenvalue weighted by molar-refractivity contribution is 14.0. The van der Waals surface area contributed by atoms with E-state index in [1.807, 2.05) is 13.8 Å². The van der Waals surface area contributed by atoms with Crippen molar-refractivity contribution >= 4 is 51.6 Å². The molecule has 10 heteroatoms. The average Bonchev–Trinajstić information content (AvgIpc) is 2.61. The molecule has 7 nitrogen and oxygen atoms in total. The van der Waals surface area contributed by atoms with Crippen molar-refractivity contribution in [2.24, 2.45) is 4.99 Å². The molecule has 0 radical (unpaired) electrons. The zero-order valence-electron chi connectivity index (χ0n) is 15.8. The van der Waals surface area contributed by atoms with Crippen LogP contribution in [0.5, 0.6) is 0 Å². The van der Waals surface area contributed by atoms with Gasteiger partial charge in [-0.3, -0.25) is 4.99 Å². The van der Waals surface area contributed by atoms with Gasteiger partial charge in [0.15, 0.2) is 5.96 Å². The smallest absolute Gasteiger partial charge is 0.240 e. The van der Waals surface area contributed by atoms with E-state index in [9.17, 15) is 8.42 Å². The largest absolute Gasteiger partial charge is 0.382 e. The second kappa shape index (κ2) is 15.3. The molecule has 3 N–H and O–H groups in total. The first kappa shape index (κ1) is 26.4. The van der Waals surface area contributed by atoms with Crippen molar-refractivity contribution in [3.63, 3.8) is 0 Å². The summed E-state index contributed by atoms with van der Waals surface area (Å²) in [5.74, 6) is 0.672. The van der Waals surface area contributed by atoms with Crippen molar-refractivity contribution < 1.29 is 13.2 Å². The van der Waals surface area contributed by atoms with Gasteiger partial charge in [-0.1, -0.05) is 17.7 Å². The Hall–Kier alpha value is -0.620. The SMILES string of the molecule is CCNC(=NCCCCOCC)NCCNS(=O)(=O)c1cccc(Cl)c1.I. The van der Waals surface area contributed by atoms with Gasteiger partial charge in [-0.05, 0) is 44.9 Å². The molecule has 0 saturated carbocycles. The molecule has 156 valence electrons. The maximum Gasteiger partial charge on any atom is 0.240 e. The Kier molecular flexibility index (Phi) is 15.0. The molecule has 0 unspecified atom stereocenters. The number of nitrogens with one attached hydrogen (secondary N) is 3. The lowest BCUT2D eigenvalue weighted by atomic mass is 10.3. The van der Waals surface area contributed by atoms with E-state index in [0.29, 0.717) is 24.1 Å². The molecule has 0 spiro atoms. The summed E-state index contributed by atoms with van der Waals surface area (Å²) in [6.45, 7) is 7.53. The lowest BCUT2D eigenvalue weighted by molar-refractivity contribution is 0.144. The van der Waals surface area contributed by atoms with E-state index in [0.717, 1.165) is 32.6 Å². The van der Waals surface area contributed by atoms with Crippen LogP contribution >= 0.6 is 35.6 Å². The first-order chi connectivity index (χ1) is 12.5. The van der Waals surface area contributed by atoms with Crippen LogP contribution in [0.4, 0.5) is 0 Å². The second-order valence-electron chi connectivity index (χ2n) is 5.45. The Balaban J connectivity index is 0.00000676. The summed E-state index contributed by atoms with van der Waals surface area (Å²) in [5.41, 5.74) is 0. The molecule has 1 aromatic rings. The molecule has 0 heterocycles. The molecule has 0 aliphatic carbocycles. The Morgan fingerprint density at radius 1 is 1.19 bits per heavy atom. The Morgan fingerprint density at radius 2 is 1.96 bits per heavy atom. The van der Waals surface area contributed by atoms with Gasteiger partial charge < -0.3 is 15.4 Å². The number of rotatable bonds is 12. The minimum Gasteiger partial charge on any atom is -0.382 e. The van der Waals surface area contributed by atoms with Crippen LogP contribution in [0.1, 0.15) is 26.7 Å². The number of halogens is 2. The number of aliphatic imine (C=N–C) groups is 1. The summed E-state index contributed by atoms with van der Waals surface area (Å²) in [4.78, 5) is 4.61. The lowest BCUT2D eigenvalue weighted by Gasteiger charge is -2.12. The van der Waals surface area contributed by atoms with Crippen LogP contribution < -0.4 is 15.4 Å². The zero-order valence-corrected chi connectivity index (χ0v) is 19.7. The third kappa shape index (κ3) is 11.7. The van der Waals surface area contributed by atoms with Gasteiger partial charge in [-0.2, -0.15) is 0 Å². The topological polar surface area (TPSA) is 91.8 Å². The van der Waals surface area contributed by atoms with Gasteiger partial charge in [-0.15, -0.1) is 24.0 Å². The minimum atomic E-state index is -3.57. The summed E-state index contributed by atoms with van der Waals surface area (Å²) >= 11 is 5.84. The van der Waals surface area contributed by atoms with E-state index in [1.54, 1.807) is 12.1 Å². The van der Waals surface area contributed by atoms with Crippen LogP contribution in [0.15, 0.2) is 34.2 Å². The van der Waals surface area contributed by atoms with Crippen molar-refractivity contribution in [1.82, 2.24) is 15.4 Å². The fourth-order valence-corrected chi connectivity index (χ4v) is 3.41. The molecule has 0 bridgehead atoms. The molecule has 1 rings (SSSR count). The zero-order chi connectivity index (χ0) is 19.3. The van der Waals surface area contributed by atoms with Gasteiger partial charge in [0.05, 0.1) is 4.90 Å². The van der Waals surface area contributed by atoms with Gasteiger partial charge in [0.25, 0.3) is 0 Å². The number of benzene rings is 1. The maximum absolute atomic E-state index is 12.2. The Morgan fingerprint density at radius 3 is 2.63 bits per heavy atom. The van der Waals surface area contributed by atoms with Gasteiger partial charge in [0, 0.05) is 44.4 Å². The highest BCUT2D eigenvalue weighted by Crippen LogP contribution is 2.14. The van der Waals surface area contributed by atoms with E-state index < -0.39 is 10.0 Å². The number of unbranched alkanes of at least 4 members (excludes halogenated alkanes) is 1. The standard InChI is InChI=1S/C17H29ClN4O3S.HI/c1-3-19-17(20-10-5-6-13-25-4-2)21-11-12-22-26(23,24)16-9-7-8-15(18)14-16;/h7-9,14,22H,3-6,10-13H2,1-2H3,(H2,19,20,21);1H. The third-order valence-corrected chi connectivity index (χ3v) is 5.02. The first-order valence-corrected chi connectivity index (χ1v) is 10.7. The van der Waals surface area contributed by atoms with E-state index in [-0.39, 0.29) is 35.4 Å². The number of ether oxygens (including phenoxy) is 1. The monoisotopic (exact) mass is 532 g/mol. The molecule has 27 heavy (non-hydrogen) atoms. The van der Waals surface area contributed by atoms with Crippen LogP contribution in [0, 0.1) is 0 Å². The Bertz CT molecular complexity index is 659. The van der Waals surface area contributed by atoms with E-state index in [4.69, 9.17) is 16.3 Å². The van der Waals surface area contributed by atoms with Crippen molar-refractivity contribution in [1.29, 1.82) is 0 Å². The van der Waals surface area contributed by atoms with Crippen LogP contribution in [0.25, 0.3) is 0 Å². The van der Waals surface area contributed by atoms with Gasteiger partial charge in [0.1, 0.15) is 0 Å². The molecular formula is C17H30ClIN4O3S. The van der Waals surface area contributed by atoms with Gasteiger partial charge in [0.2, 0.25) is 10.0 Å². The normalized spacial score (nSPS) is 11.7. The number of sulfonamides is 1. The van der Waals surface area contributed by atoms with E-state index in [2.05, 4.69) is 20.3 Å². The summed E-state index contributed by atoms with van der Waals surface area (Å²) in [6, 6.07) is 6.17.